The van der Waals surface area contributed by atoms with Crippen LogP contribution in [0.4, 0.5) is 0 Å². The monoisotopic (exact) mass is 450 g/mol. The van der Waals surface area contributed by atoms with Crippen LogP contribution in [-0.2, 0) is 19.1 Å². The Morgan fingerprint density at radius 2 is 1.62 bits per heavy atom. The number of ether oxygens (including phenoxy) is 2. The first kappa shape index (κ1) is 28.6. The van der Waals surface area contributed by atoms with Crippen LogP contribution in [0.2, 0.25) is 0 Å². The van der Waals surface area contributed by atoms with Crippen LogP contribution in [0.1, 0.15) is 91.4 Å². The maximum atomic E-state index is 12.0. The van der Waals surface area contributed by atoms with Crippen molar-refractivity contribution >= 4 is 11.8 Å². The van der Waals surface area contributed by atoms with E-state index in [1.807, 2.05) is 26.8 Å². The first-order valence-corrected chi connectivity index (χ1v) is 12.4. The van der Waals surface area contributed by atoms with Crippen molar-refractivity contribution in [2.45, 2.75) is 104 Å². The Kier molecular flexibility index (Phi) is 13.7. The van der Waals surface area contributed by atoms with E-state index in [0.717, 1.165) is 57.8 Å². The Hall–Kier alpha value is -1.46. The van der Waals surface area contributed by atoms with E-state index in [2.05, 4.69) is 16.9 Å². The van der Waals surface area contributed by atoms with Crippen molar-refractivity contribution < 1.29 is 24.2 Å². The molecule has 1 N–H and O–H groups in total. The fourth-order valence-corrected chi connectivity index (χ4v) is 4.43. The number of esters is 1. The van der Waals surface area contributed by atoms with Gasteiger partial charge in [-0.15, -0.1) is 0 Å². The minimum absolute atomic E-state index is 0.0777. The van der Waals surface area contributed by atoms with E-state index in [1.165, 1.54) is 13.2 Å². The smallest absolute Gasteiger partial charge is 0.330 e. The molecular weight excluding hydrogens is 404 g/mol. The van der Waals surface area contributed by atoms with Gasteiger partial charge in [0.1, 0.15) is 5.78 Å². The standard InChI is InChI=1S/C27H46O5/c1-27(2,3)25(29)18-14-9-7-6-8-13-17-22-21(23(28)20-24(22)31-4)16-12-10-11-15-19-26(30)32-5/h13,15,17,19,21-24,28H,6-12,14,16,18,20H2,1-5H3/b17-13+,19-15?/t21?,22-,23+,24-/m1/s1. The van der Waals surface area contributed by atoms with Gasteiger partial charge in [-0.2, -0.15) is 0 Å². The Bertz CT molecular complexity index is 602. The highest BCUT2D eigenvalue weighted by Crippen LogP contribution is 2.38. The van der Waals surface area contributed by atoms with Gasteiger partial charge in [0.05, 0.1) is 19.3 Å². The predicted molar refractivity (Wildman–Crippen MR) is 129 cm³/mol. The maximum absolute atomic E-state index is 12.0. The number of carbonyl (C=O) groups excluding carboxylic acids is 2. The Balaban J connectivity index is 2.33. The molecule has 1 rings (SSSR count). The second-order valence-electron chi connectivity index (χ2n) is 10.1. The molecule has 1 saturated carbocycles. The summed E-state index contributed by atoms with van der Waals surface area (Å²) in [4.78, 5) is 23.1. The summed E-state index contributed by atoms with van der Waals surface area (Å²) in [6.07, 6.45) is 18.2. The number of rotatable bonds is 15. The summed E-state index contributed by atoms with van der Waals surface area (Å²) in [5, 5.41) is 10.6. The third-order valence-electron chi connectivity index (χ3n) is 6.53. The molecule has 184 valence electrons. The molecule has 1 aliphatic carbocycles. The van der Waals surface area contributed by atoms with Crippen LogP contribution in [0.5, 0.6) is 0 Å². The zero-order chi connectivity index (χ0) is 24.0. The molecule has 0 aromatic heterocycles. The minimum atomic E-state index is -0.319. The van der Waals surface area contributed by atoms with Crippen LogP contribution in [-0.4, -0.2) is 43.3 Å². The number of hydrogen-bond donors (Lipinski definition) is 1. The van der Waals surface area contributed by atoms with Crippen LogP contribution >= 0.6 is 0 Å². The van der Waals surface area contributed by atoms with E-state index in [0.29, 0.717) is 18.6 Å². The second-order valence-corrected chi connectivity index (χ2v) is 10.1. The molecule has 4 atom stereocenters. The van der Waals surface area contributed by atoms with Gasteiger partial charge in [0.2, 0.25) is 0 Å². The molecule has 0 aromatic rings. The number of carbonyl (C=O) groups is 2. The SMILES string of the molecule is COC(=O)C=CCCCCC1[C@@H](/C=C/CCCCCCC(=O)C(C)(C)C)[C@H](OC)C[C@@H]1O. The van der Waals surface area contributed by atoms with E-state index in [1.54, 1.807) is 7.11 Å². The van der Waals surface area contributed by atoms with Gasteiger partial charge >= 0.3 is 5.97 Å². The lowest BCUT2D eigenvalue weighted by atomic mass is 9.87. The summed E-state index contributed by atoms with van der Waals surface area (Å²) < 4.78 is 10.3. The molecule has 0 amide bonds. The maximum Gasteiger partial charge on any atom is 0.330 e. The number of aliphatic hydroxyl groups is 1. The molecule has 1 aliphatic rings. The summed E-state index contributed by atoms with van der Waals surface area (Å²) in [7, 11) is 3.11. The van der Waals surface area contributed by atoms with Crippen molar-refractivity contribution in [2.24, 2.45) is 17.3 Å². The number of hydrogen-bond acceptors (Lipinski definition) is 5. The van der Waals surface area contributed by atoms with E-state index in [-0.39, 0.29) is 35.4 Å². The lowest BCUT2D eigenvalue weighted by molar-refractivity contribution is -0.134. The van der Waals surface area contributed by atoms with Crippen LogP contribution < -0.4 is 0 Å². The molecule has 1 fully saturated rings. The highest BCUT2D eigenvalue weighted by molar-refractivity contribution is 5.83. The highest BCUT2D eigenvalue weighted by atomic mass is 16.5. The first-order chi connectivity index (χ1) is 15.2. The molecule has 0 aliphatic heterocycles. The molecule has 0 bridgehead atoms. The highest BCUT2D eigenvalue weighted by Gasteiger charge is 2.40. The van der Waals surface area contributed by atoms with E-state index < -0.39 is 0 Å². The van der Waals surface area contributed by atoms with Crippen molar-refractivity contribution in [1.29, 1.82) is 0 Å². The summed E-state index contributed by atoms with van der Waals surface area (Å²) in [6, 6.07) is 0. The Labute approximate surface area is 195 Å². The van der Waals surface area contributed by atoms with Gasteiger partial charge in [0.15, 0.2) is 0 Å². The van der Waals surface area contributed by atoms with Gasteiger partial charge in [-0.3, -0.25) is 4.79 Å². The number of Topliss-reactive ketones (excluding diaryl/α,β-unsaturated/α-hetero) is 1. The second kappa shape index (κ2) is 15.4. The average Bonchev–Trinajstić information content (AvgIpc) is 3.05. The number of aliphatic hydroxyl groups excluding tert-OH is 1. The summed E-state index contributed by atoms with van der Waals surface area (Å²) in [5.74, 6) is 0.519. The molecule has 5 heteroatoms. The fraction of sp³-hybridized carbons (Fsp3) is 0.778. The molecule has 0 spiro atoms. The van der Waals surface area contributed by atoms with Crippen LogP contribution in [0, 0.1) is 17.3 Å². The van der Waals surface area contributed by atoms with Crippen molar-refractivity contribution in [3.63, 3.8) is 0 Å². The minimum Gasteiger partial charge on any atom is -0.466 e. The number of allylic oxidation sites excluding steroid dienone is 2. The average molecular weight is 451 g/mol. The predicted octanol–water partition coefficient (Wildman–Crippen LogP) is 5.80. The van der Waals surface area contributed by atoms with Crippen molar-refractivity contribution in [3.8, 4) is 0 Å². The molecule has 0 saturated heterocycles. The Morgan fingerprint density at radius 3 is 2.28 bits per heavy atom. The molecule has 1 unspecified atom stereocenters. The van der Waals surface area contributed by atoms with Crippen LogP contribution in [0.3, 0.4) is 0 Å². The molecule has 0 radical (unpaired) electrons. The largest absolute Gasteiger partial charge is 0.466 e. The lowest BCUT2D eigenvalue weighted by Crippen LogP contribution is -2.21. The Morgan fingerprint density at radius 1 is 0.969 bits per heavy atom. The van der Waals surface area contributed by atoms with E-state index in [9.17, 15) is 14.7 Å². The fourth-order valence-electron chi connectivity index (χ4n) is 4.43. The summed E-state index contributed by atoms with van der Waals surface area (Å²) in [6.45, 7) is 5.97. The molecule has 32 heavy (non-hydrogen) atoms. The van der Waals surface area contributed by atoms with Crippen LogP contribution in [0.25, 0.3) is 0 Å². The van der Waals surface area contributed by atoms with Crippen molar-refractivity contribution in [3.05, 3.63) is 24.3 Å². The number of methoxy groups -OCH3 is 2. The van der Waals surface area contributed by atoms with E-state index in [4.69, 9.17) is 4.74 Å². The van der Waals surface area contributed by atoms with Gasteiger partial charge in [-0.05, 0) is 44.4 Å². The number of ketones is 1. The third kappa shape index (κ3) is 10.9. The molecular formula is C27H46O5. The molecule has 5 nitrogen and oxygen atoms in total. The van der Waals surface area contributed by atoms with Crippen molar-refractivity contribution in [1.82, 2.24) is 0 Å². The van der Waals surface area contributed by atoms with Crippen molar-refractivity contribution in [2.75, 3.05) is 14.2 Å². The zero-order valence-electron chi connectivity index (χ0n) is 21.0. The van der Waals surface area contributed by atoms with Gasteiger partial charge in [0, 0.05) is 37.4 Å². The topological polar surface area (TPSA) is 72.8 Å². The molecule has 0 heterocycles. The van der Waals surface area contributed by atoms with Crippen LogP contribution in [0.15, 0.2) is 24.3 Å². The van der Waals surface area contributed by atoms with Gasteiger partial charge < -0.3 is 14.6 Å². The molecule has 0 aromatic carbocycles. The van der Waals surface area contributed by atoms with E-state index >= 15 is 0 Å². The quantitative estimate of drug-likeness (QED) is 0.148. The van der Waals surface area contributed by atoms with Gasteiger partial charge in [-0.1, -0.05) is 58.3 Å². The third-order valence-corrected chi connectivity index (χ3v) is 6.53. The summed E-state index contributed by atoms with van der Waals surface area (Å²) in [5.41, 5.74) is -0.219. The zero-order valence-corrected chi connectivity index (χ0v) is 21.0. The summed E-state index contributed by atoms with van der Waals surface area (Å²) >= 11 is 0. The van der Waals surface area contributed by atoms with Gasteiger partial charge in [-0.25, -0.2) is 4.79 Å². The number of unbranched alkanes of at least 4 members (excludes halogenated alkanes) is 6. The normalized spacial score (nSPS) is 23.9. The van der Waals surface area contributed by atoms with Gasteiger partial charge in [0.25, 0.3) is 0 Å². The first-order valence-electron chi connectivity index (χ1n) is 12.4. The lowest BCUT2D eigenvalue weighted by Gasteiger charge is -2.22.